The molecule has 0 atom stereocenters. The molecule has 1 rings (SSSR count). The topological polar surface area (TPSA) is 92.7 Å². The van der Waals surface area contributed by atoms with Gasteiger partial charge in [0.1, 0.15) is 6.54 Å². The Labute approximate surface area is 56.1 Å². The number of nitrogens with zero attached hydrogens (tertiary/aromatic N) is 3. The molecule has 1 aliphatic heterocycles. The smallest absolute Gasteiger partial charge is 0.256 e. The molecule has 0 unspecified atom stereocenters. The Balaban J connectivity index is 2.66. The summed E-state index contributed by atoms with van der Waals surface area (Å²) in [6, 6.07) is -0.759. The number of nitrogens with two attached hydrogens (primary N) is 1. The Kier molecular flexibility index (Phi) is 1.42. The lowest BCUT2D eigenvalue weighted by molar-refractivity contribution is -0.629. The van der Waals surface area contributed by atoms with Crippen LogP contribution in [-0.2, 0) is 0 Å². The third-order valence-electron chi connectivity index (χ3n) is 1.22. The standard InChI is InChI=1S/C3H6N4O3/c4-5-1-2-6(3(5)8)7(9)10/h1-2,4H2. The van der Waals surface area contributed by atoms with Gasteiger partial charge in [-0.25, -0.2) is 20.8 Å². The summed E-state index contributed by atoms with van der Waals surface area (Å²) in [6.45, 7) is 0.266. The van der Waals surface area contributed by atoms with Crippen LogP contribution in [-0.4, -0.2) is 34.2 Å². The molecule has 10 heavy (non-hydrogen) atoms. The van der Waals surface area contributed by atoms with Crippen molar-refractivity contribution in [1.82, 2.24) is 10.0 Å². The van der Waals surface area contributed by atoms with Gasteiger partial charge in [-0.05, 0) is 5.01 Å². The summed E-state index contributed by atoms with van der Waals surface area (Å²) < 4.78 is 0. The number of hydrazine groups is 2. The number of nitro groups is 1. The van der Waals surface area contributed by atoms with Crippen LogP contribution in [0.15, 0.2) is 0 Å². The van der Waals surface area contributed by atoms with Gasteiger partial charge in [-0.2, -0.15) is 0 Å². The number of carbonyl (C=O) groups excluding carboxylic acids is 1. The first-order valence-electron chi connectivity index (χ1n) is 2.61. The molecule has 56 valence electrons. The maximum absolute atomic E-state index is 10.6. The second-order valence-corrected chi connectivity index (χ2v) is 1.84. The Morgan fingerprint density at radius 1 is 1.60 bits per heavy atom. The van der Waals surface area contributed by atoms with Gasteiger partial charge in [0, 0.05) is 0 Å². The van der Waals surface area contributed by atoms with Gasteiger partial charge < -0.3 is 0 Å². The molecule has 0 aromatic heterocycles. The van der Waals surface area contributed by atoms with E-state index in [0.717, 1.165) is 5.01 Å². The Bertz CT molecular complexity index is 181. The Morgan fingerprint density at radius 2 is 2.20 bits per heavy atom. The third kappa shape index (κ3) is 0.860. The molecule has 0 aromatic rings. The molecule has 0 radical (unpaired) electrons. The average molecular weight is 146 g/mol. The first-order chi connectivity index (χ1) is 4.63. The monoisotopic (exact) mass is 146 g/mol. The van der Waals surface area contributed by atoms with Crippen LogP contribution in [0.4, 0.5) is 4.79 Å². The highest BCUT2D eigenvalue weighted by Gasteiger charge is 2.34. The van der Waals surface area contributed by atoms with Crippen LogP contribution in [0.1, 0.15) is 0 Å². The van der Waals surface area contributed by atoms with Crippen LogP contribution in [0, 0.1) is 10.1 Å². The van der Waals surface area contributed by atoms with Gasteiger partial charge in [0.05, 0.1) is 6.54 Å². The van der Waals surface area contributed by atoms with E-state index in [1.165, 1.54) is 0 Å². The van der Waals surface area contributed by atoms with Crippen LogP contribution in [0.25, 0.3) is 0 Å². The van der Waals surface area contributed by atoms with Crippen molar-refractivity contribution in [2.45, 2.75) is 0 Å². The maximum atomic E-state index is 10.6. The summed E-state index contributed by atoms with van der Waals surface area (Å²) in [5, 5.41) is 10.5. The molecule has 0 aromatic carbocycles. The molecule has 1 aliphatic rings. The normalized spacial score (nSPS) is 18.3. The van der Waals surface area contributed by atoms with Crippen LogP contribution in [0.3, 0.4) is 0 Å². The van der Waals surface area contributed by atoms with E-state index in [-0.39, 0.29) is 13.1 Å². The van der Waals surface area contributed by atoms with Gasteiger partial charge in [-0.3, -0.25) is 5.01 Å². The van der Waals surface area contributed by atoms with Crippen molar-refractivity contribution in [2.24, 2.45) is 5.84 Å². The van der Waals surface area contributed by atoms with Crippen molar-refractivity contribution in [3.05, 3.63) is 10.1 Å². The highest BCUT2D eigenvalue weighted by molar-refractivity contribution is 5.74. The van der Waals surface area contributed by atoms with Crippen molar-refractivity contribution in [2.75, 3.05) is 13.1 Å². The van der Waals surface area contributed by atoms with Crippen molar-refractivity contribution in [3.8, 4) is 0 Å². The molecule has 0 aliphatic carbocycles. The fraction of sp³-hybridized carbons (Fsp3) is 0.667. The minimum absolute atomic E-state index is 0.0579. The number of carbonyl (C=O) groups is 1. The molecule has 7 nitrogen and oxygen atoms in total. The van der Waals surface area contributed by atoms with Gasteiger partial charge in [-0.1, -0.05) is 0 Å². The largest absolute Gasteiger partial charge is 0.392 e. The van der Waals surface area contributed by atoms with E-state index in [1.807, 2.05) is 0 Å². The summed E-state index contributed by atoms with van der Waals surface area (Å²) in [7, 11) is 0. The van der Waals surface area contributed by atoms with Gasteiger partial charge in [0.15, 0.2) is 5.03 Å². The molecule has 7 heteroatoms. The van der Waals surface area contributed by atoms with Crippen molar-refractivity contribution < 1.29 is 9.83 Å². The highest BCUT2D eigenvalue weighted by Crippen LogP contribution is 2.02. The van der Waals surface area contributed by atoms with Crippen LogP contribution in [0.5, 0.6) is 0 Å². The summed E-state index contributed by atoms with van der Waals surface area (Å²) in [4.78, 5) is 20.6. The summed E-state index contributed by atoms with van der Waals surface area (Å²) in [6.07, 6.45) is 0. The summed E-state index contributed by atoms with van der Waals surface area (Å²) >= 11 is 0. The lowest BCUT2D eigenvalue weighted by atomic mass is 10.7. The molecule has 0 spiro atoms. The van der Waals surface area contributed by atoms with Crippen LogP contribution < -0.4 is 5.84 Å². The zero-order valence-electron chi connectivity index (χ0n) is 5.06. The van der Waals surface area contributed by atoms with Gasteiger partial charge in [0.25, 0.3) is 0 Å². The van der Waals surface area contributed by atoms with Gasteiger partial charge >= 0.3 is 6.03 Å². The fourth-order valence-corrected chi connectivity index (χ4v) is 0.694. The maximum Gasteiger partial charge on any atom is 0.392 e. The lowest BCUT2D eigenvalue weighted by Crippen LogP contribution is -2.38. The zero-order valence-corrected chi connectivity index (χ0v) is 5.06. The lowest BCUT2D eigenvalue weighted by Gasteiger charge is -2.04. The van der Waals surface area contributed by atoms with E-state index in [0.29, 0.717) is 5.01 Å². The predicted molar refractivity (Wildman–Crippen MR) is 30.0 cm³/mol. The number of rotatable bonds is 1. The van der Waals surface area contributed by atoms with Crippen molar-refractivity contribution in [1.29, 1.82) is 0 Å². The molecule has 1 fully saturated rings. The first-order valence-corrected chi connectivity index (χ1v) is 2.61. The number of amides is 2. The van der Waals surface area contributed by atoms with Crippen LogP contribution >= 0.6 is 0 Å². The van der Waals surface area contributed by atoms with Crippen molar-refractivity contribution >= 4 is 6.03 Å². The Hall–Kier alpha value is -1.37. The minimum Gasteiger partial charge on any atom is -0.256 e. The quantitative estimate of drug-likeness (QED) is 0.217. The van der Waals surface area contributed by atoms with E-state index >= 15 is 0 Å². The molecule has 1 saturated heterocycles. The van der Waals surface area contributed by atoms with Crippen LogP contribution in [0.2, 0.25) is 0 Å². The van der Waals surface area contributed by atoms with E-state index < -0.39 is 11.1 Å². The minimum atomic E-state index is -0.769. The fourth-order valence-electron chi connectivity index (χ4n) is 0.694. The SMILES string of the molecule is NN1CCN([N+](=O)[O-])C1=O. The third-order valence-corrected chi connectivity index (χ3v) is 1.22. The van der Waals surface area contributed by atoms with E-state index in [9.17, 15) is 14.9 Å². The number of urea groups is 1. The molecular weight excluding hydrogens is 140 g/mol. The molecule has 2 amide bonds. The van der Waals surface area contributed by atoms with E-state index in [2.05, 4.69) is 0 Å². The van der Waals surface area contributed by atoms with Gasteiger partial charge in [-0.15, -0.1) is 0 Å². The summed E-state index contributed by atoms with van der Waals surface area (Å²) in [5.74, 6) is 5.04. The molecular formula is C3H6N4O3. The first kappa shape index (κ1) is 6.75. The van der Waals surface area contributed by atoms with E-state index in [4.69, 9.17) is 5.84 Å². The van der Waals surface area contributed by atoms with Gasteiger partial charge in [0.2, 0.25) is 0 Å². The molecule has 0 bridgehead atoms. The summed E-state index contributed by atoms with van der Waals surface area (Å²) in [5.41, 5.74) is 0. The molecule has 1 heterocycles. The number of hydrogen-bond donors (Lipinski definition) is 1. The second kappa shape index (κ2) is 2.10. The number of hydrogen-bond acceptors (Lipinski definition) is 4. The predicted octanol–water partition coefficient (Wildman–Crippen LogP) is -1.21. The zero-order chi connectivity index (χ0) is 7.72. The highest BCUT2D eigenvalue weighted by atomic mass is 16.7. The molecule has 2 N–H and O–H groups in total. The average Bonchev–Trinajstić information content (AvgIpc) is 2.14. The molecule has 0 saturated carbocycles. The second-order valence-electron chi connectivity index (χ2n) is 1.84. The Morgan fingerprint density at radius 3 is 2.40 bits per heavy atom. The van der Waals surface area contributed by atoms with Crippen molar-refractivity contribution in [3.63, 3.8) is 0 Å². The van der Waals surface area contributed by atoms with E-state index in [1.54, 1.807) is 0 Å².